The second kappa shape index (κ2) is 12.1. The van der Waals surface area contributed by atoms with Crippen molar-refractivity contribution in [2.24, 2.45) is 12.8 Å². The lowest BCUT2D eigenvalue weighted by Gasteiger charge is -2.07. The number of carbonyl (C=O) groups is 3. The van der Waals surface area contributed by atoms with Crippen LogP contribution in [0.2, 0.25) is 0 Å². The Morgan fingerprint density at radius 3 is 2.69 bits per heavy atom. The number of nitrogens with zero attached hydrogens (tertiary/aromatic N) is 4. The molecule has 13 nitrogen and oxygen atoms in total. The van der Waals surface area contributed by atoms with Gasteiger partial charge < -0.3 is 25.3 Å². The fourth-order valence-electron chi connectivity index (χ4n) is 4.63. The van der Waals surface area contributed by atoms with Gasteiger partial charge in [-0.05, 0) is 53.8 Å². The number of aromatic nitrogens is 4. The number of oxazole rings is 1. The van der Waals surface area contributed by atoms with Crippen molar-refractivity contribution in [1.29, 1.82) is 0 Å². The molecule has 2 aromatic carbocycles. The van der Waals surface area contributed by atoms with Gasteiger partial charge in [0.25, 0.3) is 5.91 Å². The van der Waals surface area contributed by atoms with Crippen LogP contribution in [0.3, 0.4) is 0 Å². The minimum Gasteiger partial charge on any atom is -0.477 e. The van der Waals surface area contributed by atoms with Crippen molar-refractivity contribution in [3.63, 3.8) is 0 Å². The minimum absolute atomic E-state index is 0. The molecular weight excluding hydrogens is 544 g/mol. The molecule has 4 N–H and O–H groups in total. The average molecular weight is 575 g/mol. The quantitative estimate of drug-likeness (QED) is 0.264. The molecule has 13 heteroatoms. The van der Waals surface area contributed by atoms with Crippen LogP contribution in [0.15, 0.2) is 63.9 Å². The number of hydrogen-bond donors (Lipinski definition) is 3. The predicted octanol–water partition coefficient (Wildman–Crippen LogP) is 2.86. The van der Waals surface area contributed by atoms with Crippen LogP contribution >= 0.6 is 0 Å². The summed E-state index contributed by atoms with van der Waals surface area (Å²) in [6, 6.07) is 13.5. The van der Waals surface area contributed by atoms with Crippen molar-refractivity contribution >= 4 is 34.6 Å². The third kappa shape index (κ3) is 5.76. The monoisotopic (exact) mass is 574 g/mol. The van der Waals surface area contributed by atoms with Gasteiger partial charge in [0.1, 0.15) is 5.69 Å². The number of aryl methyl sites for hydroxylation is 2. The van der Waals surface area contributed by atoms with Crippen LogP contribution < -0.4 is 16.8 Å². The van der Waals surface area contributed by atoms with Crippen LogP contribution in [0.1, 0.15) is 67.9 Å². The predicted molar refractivity (Wildman–Crippen MR) is 152 cm³/mol. The lowest BCUT2D eigenvalue weighted by molar-refractivity contribution is 0.0599. The summed E-state index contributed by atoms with van der Waals surface area (Å²) in [5, 5.41) is 15.9. The van der Waals surface area contributed by atoms with E-state index in [-0.39, 0.29) is 43.0 Å². The zero-order valence-corrected chi connectivity index (χ0v) is 22.2. The zero-order valence-electron chi connectivity index (χ0n) is 22.2. The van der Waals surface area contributed by atoms with Gasteiger partial charge in [-0.25, -0.2) is 23.9 Å². The number of amides is 1. The van der Waals surface area contributed by atoms with E-state index in [0.29, 0.717) is 16.7 Å². The Morgan fingerprint density at radius 1 is 1.17 bits per heavy atom. The standard InChI is InChI=1S/C17H13N5O5.C11H13NO2.CH4/c1-21-11-6-9(2-3-13(11)27-17(21)26)8-18-15(23)10-7-12(16(24)25)22-14(20-10)4-5-19-22;1-14-11(13)8-2-4-9-7(6-8)3-5-10(9)12;/h2-7H,8H2,1H3,(H,18,23)(H,24,25);2,4,6,10H,3,5,12H2,1H3;1H4/t;10-;/m.0./s1. The number of esters is 1. The smallest absolute Gasteiger partial charge is 0.419 e. The van der Waals surface area contributed by atoms with E-state index in [1.165, 1.54) is 35.6 Å². The molecule has 0 radical (unpaired) electrons. The van der Waals surface area contributed by atoms with Crippen LogP contribution in [0.4, 0.5) is 0 Å². The van der Waals surface area contributed by atoms with Crippen LogP contribution in [0.25, 0.3) is 16.7 Å². The van der Waals surface area contributed by atoms with Crippen molar-refractivity contribution in [2.75, 3.05) is 7.11 Å². The first-order valence-corrected chi connectivity index (χ1v) is 12.6. The van der Waals surface area contributed by atoms with Gasteiger partial charge in [-0.2, -0.15) is 5.10 Å². The van der Waals surface area contributed by atoms with E-state index in [2.05, 4.69) is 20.1 Å². The number of nitrogens with two attached hydrogens (primary N) is 1. The topological polar surface area (TPSA) is 184 Å². The Kier molecular flexibility index (Phi) is 8.52. The van der Waals surface area contributed by atoms with Gasteiger partial charge in [-0.1, -0.05) is 19.6 Å². The molecule has 1 aliphatic carbocycles. The maximum absolute atomic E-state index is 12.4. The molecule has 3 heterocycles. The van der Waals surface area contributed by atoms with E-state index in [1.54, 1.807) is 31.3 Å². The molecule has 0 unspecified atom stereocenters. The van der Waals surface area contributed by atoms with E-state index < -0.39 is 17.6 Å². The molecular formula is C29H30N6O7. The maximum atomic E-state index is 12.4. The second-order valence-electron chi connectivity index (χ2n) is 9.40. The third-order valence-electron chi connectivity index (χ3n) is 6.81. The van der Waals surface area contributed by atoms with E-state index in [4.69, 9.17) is 10.2 Å². The summed E-state index contributed by atoms with van der Waals surface area (Å²) in [6.07, 6.45) is 3.34. The third-order valence-corrected chi connectivity index (χ3v) is 6.81. The van der Waals surface area contributed by atoms with Gasteiger partial charge in [0, 0.05) is 31.8 Å². The molecule has 218 valence electrons. The van der Waals surface area contributed by atoms with Crippen molar-refractivity contribution in [1.82, 2.24) is 24.5 Å². The first-order chi connectivity index (χ1) is 19.7. The molecule has 5 aromatic rings. The van der Waals surface area contributed by atoms with Crippen LogP contribution in [0.5, 0.6) is 0 Å². The number of carboxylic acids is 1. The second-order valence-corrected chi connectivity index (χ2v) is 9.40. The Labute approximate surface area is 239 Å². The van der Waals surface area contributed by atoms with Gasteiger partial charge >= 0.3 is 17.7 Å². The molecule has 1 aliphatic rings. The number of carbonyl (C=O) groups excluding carboxylic acids is 2. The fourth-order valence-corrected chi connectivity index (χ4v) is 4.63. The van der Waals surface area contributed by atoms with Gasteiger partial charge in [-0.3, -0.25) is 9.36 Å². The number of carboxylic acid groups (broad SMARTS) is 1. The summed E-state index contributed by atoms with van der Waals surface area (Å²) in [7, 11) is 2.98. The van der Waals surface area contributed by atoms with E-state index in [9.17, 15) is 24.3 Å². The summed E-state index contributed by atoms with van der Waals surface area (Å²) in [4.78, 5) is 50.7. The van der Waals surface area contributed by atoms with Crippen LogP contribution in [-0.2, 0) is 24.8 Å². The SMILES string of the molecule is C.COC(=O)c1ccc2c(c1)CC[C@@H]2N.Cn1c(=O)oc2ccc(CNC(=O)c3cc(C(=O)O)n4nccc4n3)cc21. The highest BCUT2D eigenvalue weighted by Gasteiger charge is 2.20. The number of benzene rings is 2. The molecule has 0 aliphatic heterocycles. The number of rotatable bonds is 5. The van der Waals surface area contributed by atoms with Crippen LogP contribution in [0, 0.1) is 0 Å². The summed E-state index contributed by atoms with van der Waals surface area (Å²) < 4.78 is 12.2. The number of ether oxygens (including phenoxy) is 1. The lowest BCUT2D eigenvalue weighted by Crippen LogP contribution is -2.25. The summed E-state index contributed by atoms with van der Waals surface area (Å²) in [5.74, 6) is -2.49. The first kappa shape index (κ1) is 29.7. The Hall–Kier alpha value is -5.30. The molecule has 0 saturated heterocycles. The normalized spacial score (nSPS) is 13.5. The maximum Gasteiger partial charge on any atom is 0.419 e. The van der Waals surface area contributed by atoms with Crippen LogP contribution in [-0.4, -0.2) is 49.2 Å². The summed E-state index contributed by atoms with van der Waals surface area (Å²) >= 11 is 0. The number of aromatic carboxylic acids is 1. The minimum atomic E-state index is -1.22. The van der Waals surface area contributed by atoms with E-state index >= 15 is 0 Å². The highest BCUT2D eigenvalue weighted by molar-refractivity contribution is 5.96. The Balaban J connectivity index is 0.000000228. The van der Waals surface area contributed by atoms with Crippen molar-refractivity contribution in [3.8, 4) is 0 Å². The van der Waals surface area contributed by atoms with Crippen molar-refractivity contribution in [3.05, 3.63) is 98.9 Å². The zero-order chi connectivity index (χ0) is 29.3. The van der Waals surface area contributed by atoms with Crippen molar-refractivity contribution < 1.29 is 28.6 Å². The van der Waals surface area contributed by atoms with Gasteiger partial charge in [-0.15, -0.1) is 0 Å². The van der Waals surface area contributed by atoms with Gasteiger partial charge in [0.15, 0.2) is 16.9 Å². The summed E-state index contributed by atoms with van der Waals surface area (Å²) in [5.41, 5.74) is 10.7. The Morgan fingerprint density at radius 2 is 1.95 bits per heavy atom. The molecule has 0 fully saturated rings. The molecule has 6 rings (SSSR count). The first-order valence-electron chi connectivity index (χ1n) is 12.6. The average Bonchev–Trinajstić information content (AvgIpc) is 3.68. The molecule has 1 amide bonds. The lowest BCUT2D eigenvalue weighted by atomic mass is 10.1. The van der Waals surface area contributed by atoms with E-state index in [0.717, 1.165) is 28.5 Å². The molecule has 0 spiro atoms. The van der Waals surface area contributed by atoms with Gasteiger partial charge in [0.05, 0.1) is 24.4 Å². The van der Waals surface area contributed by atoms with Crippen molar-refractivity contribution in [2.45, 2.75) is 32.9 Å². The number of nitrogens with one attached hydrogen (secondary N) is 1. The highest BCUT2D eigenvalue weighted by atomic mass is 16.5. The largest absolute Gasteiger partial charge is 0.477 e. The highest BCUT2D eigenvalue weighted by Crippen LogP contribution is 2.29. The van der Waals surface area contributed by atoms with E-state index in [1.807, 2.05) is 12.1 Å². The molecule has 0 saturated carbocycles. The Bertz CT molecular complexity index is 1870. The fraction of sp³-hybridized carbons (Fsp3) is 0.241. The number of hydrogen-bond acceptors (Lipinski definition) is 9. The number of fused-ring (bicyclic) bond motifs is 3. The molecule has 1 atom stereocenters. The summed E-state index contributed by atoms with van der Waals surface area (Å²) in [6.45, 7) is 0.169. The van der Waals surface area contributed by atoms with Gasteiger partial charge in [0.2, 0.25) is 0 Å². The molecule has 0 bridgehead atoms. The molecule has 3 aromatic heterocycles. The number of methoxy groups -OCH3 is 1. The molecule has 42 heavy (non-hydrogen) atoms.